The first-order chi connectivity index (χ1) is 14.9. The number of rotatable bonds is 3. The number of carbonyl (C=O) groups is 1. The van der Waals surface area contributed by atoms with Gasteiger partial charge in [-0.2, -0.15) is 0 Å². The smallest absolute Gasteiger partial charge is 0.311 e. The molecule has 6 rings (SSSR count). The van der Waals surface area contributed by atoms with Gasteiger partial charge in [0, 0.05) is 31.0 Å². The van der Waals surface area contributed by atoms with E-state index >= 15 is 0 Å². The van der Waals surface area contributed by atoms with Crippen molar-refractivity contribution >= 4 is 11.5 Å². The monoisotopic (exact) mass is 425 g/mol. The van der Waals surface area contributed by atoms with Gasteiger partial charge in [0.2, 0.25) is 0 Å². The quantitative estimate of drug-likeness (QED) is 0.530. The van der Waals surface area contributed by atoms with Gasteiger partial charge in [-0.05, 0) is 54.9 Å². The van der Waals surface area contributed by atoms with Crippen LogP contribution in [0.5, 0.6) is 0 Å². The molecule has 3 aliphatic heterocycles. The number of ether oxygens (including phenoxy) is 2. The van der Waals surface area contributed by atoms with Crippen molar-refractivity contribution in [2.75, 3.05) is 19.6 Å². The third kappa shape index (κ3) is 2.88. The van der Waals surface area contributed by atoms with Crippen LogP contribution in [0.1, 0.15) is 51.5 Å². The van der Waals surface area contributed by atoms with Gasteiger partial charge in [-0.15, -0.1) is 0 Å². The van der Waals surface area contributed by atoms with Crippen molar-refractivity contribution in [3.63, 3.8) is 0 Å². The first kappa shape index (κ1) is 19.9. The zero-order valence-electron chi connectivity index (χ0n) is 18.5. The summed E-state index contributed by atoms with van der Waals surface area (Å²) < 4.78 is 25.7. The number of epoxide rings is 1. The highest BCUT2D eigenvalue weighted by molar-refractivity contribution is 5.76. The van der Waals surface area contributed by atoms with Crippen molar-refractivity contribution < 1.29 is 18.7 Å². The van der Waals surface area contributed by atoms with Crippen molar-refractivity contribution in [1.82, 2.24) is 4.90 Å². The third-order valence-electron chi connectivity index (χ3n) is 9.16. The average Bonchev–Trinajstić information content (AvgIpc) is 3.44. The van der Waals surface area contributed by atoms with Gasteiger partial charge in [-0.3, -0.25) is 9.69 Å². The molecule has 0 bridgehead atoms. The third-order valence-corrected chi connectivity index (χ3v) is 9.16. The number of fused-ring (bicyclic) bond motifs is 2. The molecule has 5 aliphatic rings. The molecule has 1 spiro atoms. The second-order valence-electron chi connectivity index (χ2n) is 10.8. The molecule has 3 heterocycles. The van der Waals surface area contributed by atoms with Crippen LogP contribution in [0.4, 0.5) is 4.39 Å². The average molecular weight is 426 g/mol. The Kier molecular flexibility index (Phi) is 4.43. The second-order valence-corrected chi connectivity index (χ2v) is 10.8. The Labute approximate surface area is 183 Å². The zero-order chi connectivity index (χ0) is 21.4. The van der Waals surface area contributed by atoms with Gasteiger partial charge in [0.05, 0.1) is 12.0 Å². The minimum absolute atomic E-state index is 0.0172. The van der Waals surface area contributed by atoms with Crippen LogP contribution in [0.15, 0.2) is 30.3 Å². The number of carbonyl (C=O) groups excluding carboxylic acids is 1. The van der Waals surface area contributed by atoms with Crippen molar-refractivity contribution in [1.29, 1.82) is 0 Å². The molecule has 4 nitrogen and oxygen atoms in total. The fraction of sp³-hybridized carbons (Fsp3) is 0.654. The summed E-state index contributed by atoms with van der Waals surface area (Å²) in [4.78, 5) is 15.3. The molecule has 4 fully saturated rings. The molecule has 2 saturated carbocycles. The van der Waals surface area contributed by atoms with E-state index in [2.05, 4.69) is 24.8 Å². The number of hydrogen-bond acceptors (Lipinski definition) is 4. The van der Waals surface area contributed by atoms with E-state index in [1.54, 1.807) is 0 Å². The lowest BCUT2D eigenvalue weighted by Gasteiger charge is -2.49. The molecule has 2 aliphatic carbocycles. The Morgan fingerprint density at radius 1 is 1.26 bits per heavy atom. The van der Waals surface area contributed by atoms with Crippen LogP contribution in [0, 0.1) is 29.0 Å². The first-order valence-electron chi connectivity index (χ1n) is 12.0. The van der Waals surface area contributed by atoms with E-state index in [1.165, 1.54) is 37.0 Å². The Bertz CT molecular complexity index is 929. The standard InChI is InChI=1S/C26H32FNO3/c1-16-4-3-11-25(2)14-21-22(23-26(16,25)31-23)20(24(29)30-21)15-28-12-9-18(10-13-28)17-5-7-19(27)8-6-17/h5-9,16,20-23H,3-4,10-15H2,1-2H3/t16-,20+,21+,22+,23-,25+,26-/m0/s1. The van der Waals surface area contributed by atoms with Crippen molar-refractivity contribution in [3.8, 4) is 0 Å². The predicted octanol–water partition coefficient (Wildman–Crippen LogP) is 4.44. The molecular weight excluding hydrogens is 393 g/mol. The van der Waals surface area contributed by atoms with Crippen LogP contribution in [-0.4, -0.2) is 48.3 Å². The van der Waals surface area contributed by atoms with Gasteiger partial charge < -0.3 is 9.47 Å². The van der Waals surface area contributed by atoms with Crippen molar-refractivity contribution in [2.45, 2.75) is 63.8 Å². The van der Waals surface area contributed by atoms with Gasteiger partial charge in [0.15, 0.2) is 0 Å². The molecular formula is C26H32FNO3. The van der Waals surface area contributed by atoms with E-state index in [1.807, 2.05) is 12.1 Å². The van der Waals surface area contributed by atoms with Crippen LogP contribution < -0.4 is 0 Å². The molecule has 1 aromatic carbocycles. The molecule has 31 heavy (non-hydrogen) atoms. The lowest BCUT2D eigenvalue weighted by atomic mass is 9.53. The molecule has 1 aromatic rings. The minimum Gasteiger partial charge on any atom is -0.462 e. The molecule has 0 unspecified atom stereocenters. The van der Waals surface area contributed by atoms with Crippen LogP contribution in [0.2, 0.25) is 0 Å². The first-order valence-corrected chi connectivity index (χ1v) is 12.0. The van der Waals surface area contributed by atoms with Crippen LogP contribution >= 0.6 is 0 Å². The highest BCUT2D eigenvalue weighted by Crippen LogP contribution is 2.70. The minimum atomic E-state index is -0.202. The second kappa shape index (κ2) is 6.89. The van der Waals surface area contributed by atoms with Crippen LogP contribution in [-0.2, 0) is 14.3 Å². The van der Waals surface area contributed by atoms with Crippen molar-refractivity contribution in [2.24, 2.45) is 23.2 Å². The molecule has 0 amide bonds. The summed E-state index contributed by atoms with van der Waals surface area (Å²) in [6.45, 7) is 7.19. The molecule has 7 atom stereocenters. The fourth-order valence-corrected chi connectivity index (χ4v) is 7.52. The predicted molar refractivity (Wildman–Crippen MR) is 116 cm³/mol. The van der Waals surface area contributed by atoms with E-state index in [-0.39, 0.29) is 46.8 Å². The zero-order valence-corrected chi connectivity index (χ0v) is 18.5. The van der Waals surface area contributed by atoms with Crippen molar-refractivity contribution in [3.05, 3.63) is 41.7 Å². The summed E-state index contributed by atoms with van der Waals surface area (Å²) in [5.41, 5.74) is 2.46. The summed E-state index contributed by atoms with van der Waals surface area (Å²) in [6.07, 6.45) is 7.96. The molecule has 0 aromatic heterocycles. The van der Waals surface area contributed by atoms with Gasteiger partial charge in [-0.25, -0.2) is 4.39 Å². The number of nitrogens with zero attached hydrogens (tertiary/aromatic N) is 1. The Morgan fingerprint density at radius 2 is 2.06 bits per heavy atom. The van der Waals surface area contributed by atoms with Gasteiger partial charge in [-0.1, -0.05) is 38.5 Å². The molecule has 166 valence electrons. The number of hydrogen-bond donors (Lipinski definition) is 0. The highest BCUT2D eigenvalue weighted by Gasteiger charge is 2.78. The number of benzene rings is 1. The Hall–Kier alpha value is -1.72. The summed E-state index contributed by atoms with van der Waals surface area (Å²) >= 11 is 0. The van der Waals surface area contributed by atoms with E-state index in [4.69, 9.17) is 9.47 Å². The summed E-state index contributed by atoms with van der Waals surface area (Å²) in [6, 6.07) is 6.74. The highest BCUT2D eigenvalue weighted by atomic mass is 19.1. The van der Waals surface area contributed by atoms with Gasteiger partial charge in [0.1, 0.15) is 17.5 Å². The maximum absolute atomic E-state index is 13.2. The maximum atomic E-state index is 13.2. The van der Waals surface area contributed by atoms with Crippen LogP contribution in [0.3, 0.4) is 0 Å². The molecule has 2 saturated heterocycles. The Balaban J connectivity index is 1.17. The summed E-state index contributed by atoms with van der Waals surface area (Å²) in [5, 5.41) is 0. The molecule has 0 radical (unpaired) electrons. The molecule has 0 N–H and O–H groups in total. The lowest BCUT2D eigenvalue weighted by Crippen LogP contribution is -2.54. The lowest BCUT2D eigenvalue weighted by molar-refractivity contribution is -0.146. The summed E-state index contributed by atoms with van der Waals surface area (Å²) in [5.74, 6) is 0.443. The largest absolute Gasteiger partial charge is 0.462 e. The topological polar surface area (TPSA) is 42.1 Å². The summed E-state index contributed by atoms with van der Waals surface area (Å²) in [7, 11) is 0. The SMILES string of the molecule is C[C@H]1CCC[C@]2(C)C[C@H]3OC(=O)[C@H](CN4CC=C(c5ccc(F)cc5)CC4)[C@H]3[C@@H]3O[C@@]132. The Morgan fingerprint density at radius 3 is 2.81 bits per heavy atom. The van der Waals surface area contributed by atoms with Gasteiger partial charge >= 0.3 is 5.97 Å². The molecule has 5 heteroatoms. The van der Waals surface area contributed by atoms with E-state index in [0.717, 1.165) is 38.0 Å². The van der Waals surface area contributed by atoms with E-state index < -0.39 is 0 Å². The number of esters is 1. The van der Waals surface area contributed by atoms with Crippen LogP contribution in [0.25, 0.3) is 5.57 Å². The normalized spacial score (nSPS) is 44.0. The van der Waals surface area contributed by atoms with Gasteiger partial charge in [0.25, 0.3) is 0 Å². The van der Waals surface area contributed by atoms with E-state index in [9.17, 15) is 9.18 Å². The fourth-order valence-electron chi connectivity index (χ4n) is 7.52. The maximum Gasteiger partial charge on any atom is 0.311 e. The number of halogens is 1. The van der Waals surface area contributed by atoms with E-state index in [0.29, 0.717) is 5.92 Å².